The highest BCUT2D eigenvalue weighted by atomic mass is 32.1. The van der Waals surface area contributed by atoms with E-state index in [1.54, 1.807) is 24.4 Å². The van der Waals surface area contributed by atoms with Crippen LogP contribution in [-0.4, -0.2) is 33.7 Å². The summed E-state index contributed by atoms with van der Waals surface area (Å²) in [4.78, 5) is 28.6. The Morgan fingerprint density at radius 3 is 2.72 bits per heavy atom. The van der Waals surface area contributed by atoms with E-state index < -0.39 is 0 Å². The first kappa shape index (κ1) is 15.6. The number of thiazole rings is 1. The Balaban J connectivity index is 1.69. The van der Waals surface area contributed by atoms with Gasteiger partial charge in [-0.2, -0.15) is 14.6 Å². The topological polar surface area (TPSA) is 94.8 Å². The number of rotatable bonds is 2. The normalized spacial score (nSPS) is 13.0. The minimum Gasteiger partial charge on any atom is -0.486 e. The van der Waals surface area contributed by atoms with E-state index in [0.29, 0.717) is 41.1 Å². The maximum absolute atomic E-state index is 12.7. The number of aromatic nitrogens is 3. The molecule has 9 heteroatoms. The molecule has 0 saturated heterocycles. The highest BCUT2D eigenvalue weighted by molar-refractivity contribution is 7.15. The van der Waals surface area contributed by atoms with Crippen LogP contribution in [0.5, 0.6) is 11.5 Å². The molecule has 0 saturated carbocycles. The fraction of sp³-hybridized carbons (Fsp3) is 0.250. The molecule has 0 atom stereocenters. The first-order valence-electron chi connectivity index (χ1n) is 7.60. The molecule has 0 bridgehead atoms. The number of nitrogens with one attached hydrogen (secondary N) is 1. The molecule has 1 aliphatic heterocycles. The van der Waals surface area contributed by atoms with Gasteiger partial charge in [-0.25, -0.2) is 0 Å². The third-order valence-electron chi connectivity index (χ3n) is 3.82. The lowest BCUT2D eigenvalue weighted by molar-refractivity contribution is 0.102. The van der Waals surface area contributed by atoms with Gasteiger partial charge in [-0.3, -0.25) is 9.59 Å². The van der Waals surface area contributed by atoms with E-state index in [4.69, 9.17) is 9.47 Å². The van der Waals surface area contributed by atoms with Crippen LogP contribution in [0.15, 0.2) is 22.3 Å². The summed E-state index contributed by atoms with van der Waals surface area (Å²) in [6.45, 7) is 4.36. The van der Waals surface area contributed by atoms with E-state index in [-0.39, 0.29) is 17.2 Å². The van der Waals surface area contributed by atoms with E-state index in [9.17, 15) is 9.59 Å². The number of benzene rings is 1. The predicted molar refractivity (Wildman–Crippen MR) is 92.0 cm³/mol. The van der Waals surface area contributed by atoms with Gasteiger partial charge in [0.1, 0.15) is 24.7 Å². The number of hydrogen-bond donors (Lipinski definition) is 1. The van der Waals surface area contributed by atoms with Crippen molar-refractivity contribution >= 4 is 28.0 Å². The summed E-state index contributed by atoms with van der Waals surface area (Å²) in [6.07, 6.45) is 0. The molecule has 1 aromatic carbocycles. The average Bonchev–Trinajstić information content (AvgIpc) is 2.96. The Morgan fingerprint density at radius 1 is 1.24 bits per heavy atom. The fourth-order valence-corrected chi connectivity index (χ4v) is 3.29. The van der Waals surface area contributed by atoms with E-state index in [1.807, 2.05) is 6.92 Å². The molecule has 0 unspecified atom stereocenters. The van der Waals surface area contributed by atoms with Gasteiger partial charge in [-0.1, -0.05) is 0 Å². The van der Waals surface area contributed by atoms with Crippen LogP contribution in [0.4, 0.5) is 5.82 Å². The Labute approximate surface area is 146 Å². The van der Waals surface area contributed by atoms with E-state index >= 15 is 0 Å². The van der Waals surface area contributed by atoms with Gasteiger partial charge in [0.15, 0.2) is 11.5 Å². The van der Waals surface area contributed by atoms with Gasteiger partial charge in [-0.05, 0) is 31.5 Å². The molecule has 25 heavy (non-hydrogen) atoms. The molecule has 1 aliphatic rings. The molecule has 0 radical (unpaired) electrons. The number of anilines is 1. The zero-order valence-electron chi connectivity index (χ0n) is 13.5. The van der Waals surface area contributed by atoms with Gasteiger partial charge >= 0.3 is 0 Å². The van der Waals surface area contributed by atoms with Crippen LogP contribution in [-0.2, 0) is 0 Å². The monoisotopic (exact) mass is 358 g/mol. The molecule has 0 aliphatic carbocycles. The number of hydrogen-bond acceptors (Lipinski definition) is 7. The number of nitrogens with zero attached hydrogens (tertiary/aromatic N) is 3. The number of ether oxygens (including phenoxy) is 2. The van der Waals surface area contributed by atoms with E-state index in [1.165, 1.54) is 15.9 Å². The van der Waals surface area contributed by atoms with Crippen LogP contribution in [0.3, 0.4) is 0 Å². The molecule has 1 N–H and O–H groups in total. The van der Waals surface area contributed by atoms with Gasteiger partial charge in [0.2, 0.25) is 4.96 Å². The van der Waals surface area contributed by atoms with Crippen molar-refractivity contribution in [2.45, 2.75) is 13.8 Å². The highest BCUT2D eigenvalue weighted by Gasteiger charge is 2.19. The summed E-state index contributed by atoms with van der Waals surface area (Å²) in [5, 5.41) is 8.67. The quantitative estimate of drug-likeness (QED) is 0.750. The van der Waals surface area contributed by atoms with Crippen LogP contribution >= 0.6 is 11.3 Å². The zero-order chi connectivity index (χ0) is 17.6. The minimum absolute atomic E-state index is 0.266. The molecule has 2 aromatic heterocycles. The van der Waals surface area contributed by atoms with E-state index in [0.717, 1.165) is 5.56 Å². The van der Waals surface area contributed by atoms with Crippen molar-refractivity contribution in [2.24, 2.45) is 0 Å². The highest BCUT2D eigenvalue weighted by Crippen LogP contribution is 2.33. The predicted octanol–water partition coefficient (Wildman–Crippen LogP) is 1.79. The van der Waals surface area contributed by atoms with Crippen molar-refractivity contribution in [3.63, 3.8) is 0 Å². The van der Waals surface area contributed by atoms with Gasteiger partial charge in [0.25, 0.3) is 11.5 Å². The molecule has 4 rings (SSSR count). The summed E-state index contributed by atoms with van der Waals surface area (Å²) < 4.78 is 12.5. The molecule has 3 aromatic rings. The van der Waals surface area contributed by atoms with Crippen molar-refractivity contribution in [2.75, 3.05) is 18.5 Å². The van der Waals surface area contributed by atoms with Crippen molar-refractivity contribution < 1.29 is 14.3 Å². The van der Waals surface area contributed by atoms with Gasteiger partial charge in [-0.15, -0.1) is 11.3 Å². The van der Waals surface area contributed by atoms with Crippen LogP contribution < -0.4 is 20.3 Å². The second-order valence-electron chi connectivity index (χ2n) is 5.58. The van der Waals surface area contributed by atoms with Crippen LogP contribution in [0.25, 0.3) is 4.96 Å². The maximum atomic E-state index is 12.7. The summed E-state index contributed by atoms with van der Waals surface area (Å²) >= 11 is 1.23. The molecule has 0 spiro atoms. The second kappa shape index (κ2) is 5.85. The Hall–Kier alpha value is -2.94. The van der Waals surface area contributed by atoms with Crippen LogP contribution in [0.1, 0.15) is 21.6 Å². The first-order chi connectivity index (χ1) is 12.0. The van der Waals surface area contributed by atoms with Crippen LogP contribution in [0, 0.1) is 13.8 Å². The third kappa shape index (κ3) is 2.72. The van der Waals surface area contributed by atoms with Gasteiger partial charge in [0.05, 0.1) is 0 Å². The lowest BCUT2D eigenvalue weighted by Crippen LogP contribution is -2.20. The molecule has 128 valence electrons. The number of carbonyl (C=O) groups is 1. The molecular weight excluding hydrogens is 344 g/mol. The lowest BCUT2D eigenvalue weighted by Gasteiger charge is -2.20. The lowest BCUT2D eigenvalue weighted by atomic mass is 10.1. The summed E-state index contributed by atoms with van der Waals surface area (Å²) in [6, 6.07) is 3.46. The van der Waals surface area contributed by atoms with E-state index in [2.05, 4.69) is 15.4 Å². The molecule has 8 nitrogen and oxygen atoms in total. The Kier molecular flexibility index (Phi) is 3.65. The number of aryl methyl sites for hydroxylation is 2. The minimum atomic E-state index is -0.373. The number of fused-ring (bicyclic) bond motifs is 2. The fourth-order valence-electron chi connectivity index (χ4n) is 2.54. The van der Waals surface area contributed by atoms with Gasteiger partial charge < -0.3 is 14.8 Å². The Bertz CT molecular complexity index is 1060. The summed E-state index contributed by atoms with van der Waals surface area (Å²) in [5.74, 6) is 1.35. The molecular formula is C16H14N4O4S. The maximum Gasteiger partial charge on any atom is 0.295 e. The standard InChI is InChI=1S/C16H14N4O4S/c1-8-5-11-12(24-4-3-23-11)6-10(8)15(22)17-13-7-25-16-18-14(21)9(2)19-20(13)16/h5-7H,3-4H2,1-2H3,(H,17,22). The summed E-state index contributed by atoms with van der Waals surface area (Å²) in [7, 11) is 0. The number of amides is 1. The van der Waals surface area contributed by atoms with Crippen molar-refractivity contribution in [3.8, 4) is 11.5 Å². The van der Waals surface area contributed by atoms with Crippen molar-refractivity contribution in [1.29, 1.82) is 0 Å². The second-order valence-corrected chi connectivity index (χ2v) is 6.42. The average molecular weight is 358 g/mol. The zero-order valence-corrected chi connectivity index (χ0v) is 14.3. The largest absolute Gasteiger partial charge is 0.486 e. The molecule has 1 amide bonds. The Morgan fingerprint density at radius 2 is 1.96 bits per heavy atom. The van der Waals surface area contributed by atoms with Crippen LogP contribution in [0.2, 0.25) is 0 Å². The molecule has 0 fully saturated rings. The SMILES string of the molecule is Cc1cc2c(cc1C(=O)Nc1csc3nc(=O)c(C)nn13)OCCO2. The van der Waals surface area contributed by atoms with Crippen molar-refractivity contribution in [3.05, 3.63) is 44.7 Å². The molecule has 3 heterocycles. The third-order valence-corrected chi connectivity index (χ3v) is 4.63. The van der Waals surface area contributed by atoms with Gasteiger partial charge in [0, 0.05) is 10.9 Å². The number of carbonyl (C=O) groups excluding carboxylic acids is 1. The van der Waals surface area contributed by atoms with Crippen molar-refractivity contribution in [1.82, 2.24) is 14.6 Å². The smallest absolute Gasteiger partial charge is 0.295 e. The summed E-state index contributed by atoms with van der Waals surface area (Å²) in [5.41, 5.74) is 1.15. The first-order valence-corrected chi connectivity index (χ1v) is 8.47.